The number of aliphatic hydroxyl groups is 1. The maximum absolute atomic E-state index is 12.1. The van der Waals surface area contributed by atoms with Crippen molar-refractivity contribution in [2.75, 3.05) is 6.54 Å². The van der Waals surface area contributed by atoms with Gasteiger partial charge in [-0.3, -0.25) is 9.20 Å². The van der Waals surface area contributed by atoms with Crippen molar-refractivity contribution < 1.29 is 14.3 Å². The zero-order chi connectivity index (χ0) is 16.6. The summed E-state index contributed by atoms with van der Waals surface area (Å²) >= 11 is 1.52. The van der Waals surface area contributed by atoms with Crippen LogP contribution in [-0.4, -0.2) is 26.9 Å². The molecule has 0 aromatic carbocycles. The fourth-order valence-corrected chi connectivity index (χ4v) is 3.34. The Balaban J connectivity index is 1.61. The number of hydrogen-bond donors (Lipinski definition) is 2. The van der Waals surface area contributed by atoms with E-state index in [1.165, 1.54) is 11.3 Å². The quantitative estimate of drug-likeness (QED) is 0.750. The zero-order valence-electron chi connectivity index (χ0n) is 13.3. The fraction of sp³-hybridized carbons (Fsp3) is 0.375. The summed E-state index contributed by atoms with van der Waals surface area (Å²) in [7, 11) is 0. The second-order valence-corrected chi connectivity index (χ2v) is 6.75. The van der Waals surface area contributed by atoms with E-state index in [2.05, 4.69) is 10.3 Å². The molecule has 1 atom stereocenters. The van der Waals surface area contributed by atoms with Crippen LogP contribution in [0.25, 0.3) is 4.96 Å². The van der Waals surface area contributed by atoms with Crippen molar-refractivity contribution in [3.63, 3.8) is 0 Å². The molecule has 2 N–H and O–H groups in total. The van der Waals surface area contributed by atoms with Crippen molar-refractivity contribution in [1.82, 2.24) is 14.7 Å². The normalized spacial score (nSPS) is 14.1. The monoisotopic (exact) mass is 333 g/mol. The van der Waals surface area contributed by atoms with E-state index < -0.39 is 5.60 Å². The van der Waals surface area contributed by atoms with Crippen LogP contribution in [0.1, 0.15) is 29.7 Å². The number of furan rings is 1. The third-order valence-corrected chi connectivity index (χ3v) is 4.51. The maximum Gasteiger partial charge on any atom is 0.226 e. The Morgan fingerprint density at radius 3 is 2.96 bits per heavy atom. The minimum atomic E-state index is -1.17. The van der Waals surface area contributed by atoms with Gasteiger partial charge in [0.1, 0.15) is 17.1 Å². The van der Waals surface area contributed by atoms with E-state index in [-0.39, 0.29) is 18.9 Å². The highest BCUT2D eigenvalue weighted by atomic mass is 32.1. The van der Waals surface area contributed by atoms with Crippen molar-refractivity contribution in [2.45, 2.75) is 32.8 Å². The number of aromatic nitrogens is 2. The van der Waals surface area contributed by atoms with Crippen molar-refractivity contribution in [1.29, 1.82) is 0 Å². The SMILES string of the molecule is Cc1cc(C(C)(O)CNC(=O)Cc2cn3ccsc3n2)c(C)o1. The molecular formula is C16H19N3O3S. The van der Waals surface area contributed by atoms with Gasteiger partial charge >= 0.3 is 0 Å². The van der Waals surface area contributed by atoms with Gasteiger partial charge in [-0.05, 0) is 26.8 Å². The lowest BCUT2D eigenvalue weighted by Crippen LogP contribution is -2.39. The summed E-state index contributed by atoms with van der Waals surface area (Å²) in [6, 6.07) is 1.80. The second-order valence-electron chi connectivity index (χ2n) is 5.88. The van der Waals surface area contributed by atoms with Crippen LogP contribution >= 0.6 is 11.3 Å². The lowest BCUT2D eigenvalue weighted by Gasteiger charge is -2.23. The minimum absolute atomic E-state index is 0.119. The summed E-state index contributed by atoms with van der Waals surface area (Å²) in [4.78, 5) is 17.3. The first-order valence-electron chi connectivity index (χ1n) is 7.33. The van der Waals surface area contributed by atoms with Crippen LogP contribution in [0.4, 0.5) is 0 Å². The van der Waals surface area contributed by atoms with Crippen molar-refractivity contribution in [2.24, 2.45) is 0 Å². The molecule has 0 aliphatic rings. The smallest absolute Gasteiger partial charge is 0.226 e. The number of aryl methyl sites for hydroxylation is 2. The molecule has 0 fully saturated rings. The summed E-state index contributed by atoms with van der Waals surface area (Å²) in [6.45, 7) is 5.41. The molecule has 3 aromatic rings. The van der Waals surface area contributed by atoms with Crippen LogP contribution < -0.4 is 5.32 Å². The highest BCUT2D eigenvalue weighted by Crippen LogP contribution is 2.26. The first kappa shape index (κ1) is 15.8. The fourth-order valence-electron chi connectivity index (χ4n) is 2.62. The van der Waals surface area contributed by atoms with Gasteiger partial charge in [-0.25, -0.2) is 4.98 Å². The van der Waals surface area contributed by atoms with Gasteiger partial charge in [-0.1, -0.05) is 0 Å². The molecule has 1 amide bonds. The Bertz CT molecular complexity index is 815. The van der Waals surface area contributed by atoms with Crippen molar-refractivity contribution in [3.05, 3.63) is 46.6 Å². The summed E-state index contributed by atoms with van der Waals surface area (Å²) in [5.41, 5.74) is 0.230. The number of rotatable bonds is 5. The number of carbonyl (C=O) groups excluding carboxylic acids is 1. The van der Waals surface area contributed by atoms with Gasteiger partial charge in [0.15, 0.2) is 4.96 Å². The molecule has 0 spiro atoms. The molecule has 0 aliphatic heterocycles. The molecular weight excluding hydrogens is 314 g/mol. The average Bonchev–Trinajstić information content (AvgIpc) is 3.11. The Labute approximate surface area is 137 Å². The molecule has 3 aromatic heterocycles. The highest BCUT2D eigenvalue weighted by Gasteiger charge is 2.28. The Morgan fingerprint density at radius 1 is 1.52 bits per heavy atom. The van der Waals surface area contributed by atoms with Crippen LogP contribution in [0.3, 0.4) is 0 Å². The molecule has 0 saturated carbocycles. The van der Waals surface area contributed by atoms with E-state index in [9.17, 15) is 9.90 Å². The van der Waals surface area contributed by atoms with E-state index in [0.717, 1.165) is 10.7 Å². The molecule has 1 unspecified atom stereocenters. The number of fused-ring (bicyclic) bond motifs is 1. The Hall–Kier alpha value is -2.12. The summed E-state index contributed by atoms with van der Waals surface area (Å²) in [5.74, 6) is 1.23. The number of nitrogens with one attached hydrogen (secondary N) is 1. The Kier molecular flexibility index (Phi) is 3.99. The standard InChI is InChI=1S/C16H19N3O3S/c1-10-6-13(11(2)22-10)16(3,21)9-17-14(20)7-12-8-19-4-5-23-15(19)18-12/h4-6,8,21H,7,9H2,1-3H3,(H,17,20). The summed E-state index contributed by atoms with van der Waals surface area (Å²) in [6.07, 6.45) is 3.93. The van der Waals surface area contributed by atoms with Crippen LogP contribution in [0, 0.1) is 13.8 Å². The molecule has 6 nitrogen and oxygen atoms in total. The molecule has 3 heterocycles. The van der Waals surface area contributed by atoms with Gasteiger partial charge in [0, 0.05) is 23.3 Å². The number of carbonyl (C=O) groups is 1. The van der Waals surface area contributed by atoms with Crippen molar-refractivity contribution in [3.8, 4) is 0 Å². The van der Waals surface area contributed by atoms with E-state index >= 15 is 0 Å². The number of amides is 1. The molecule has 3 rings (SSSR count). The lowest BCUT2D eigenvalue weighted by molar-refractivity contribution is -0.121. The van der Waals surface area contributed by atoms with Gasteiger partial charge in [0.25, 0.3) is 0 Å². The van der Waals surface area contributed by atoms with Gasteiger partial charge in [0.2, 0.25) is 5.91 Å². The second kappa shape index (κ2) is 5.82. The predicted octanol–water partition coefficient (Wildman–Crippen LogP) is 2.17. The van der Waals surface area contributed by atoms with Gasteiger partial charge in [-0.15, -0.1) is 11.3 Å². The molecule has 0 aliphatic carbocycles. The zero-order valence-corrected chi connectivity index (χ0v) is 14.1. The number of thiazole rings is 1. The maximum atomic E-state index is 12.1. The predicted molar refractivity (Wildman–Crippen MR) is 87.5 cm³/mol. The molecule has 23 heavy (non-hydrogen) atoms. The van der Waals surface area contributed by atoms with Crippen LogP contribution in [0.15, 0.2) is 28.3 Å². The lowest BCUT2D eigenvalue weighted by atomic mass is 9.96. The number of imidazole rings is 1. The van der Waals surface area contributed by atoms with Crippen LogP contribution in [0.5, 0.6) is 0 Å². The summed E-state index contributed by atoms with van der Waals surface area (Å²) in [5, 5.41) is 15.3. The molecule has 122 valence electrons. The first-order valence-corrected chi connectivity index (χ1v) is 8.21. The number of hydrogen-bond acceptors (Lipinski definition) is 5. The highest BCUT2D eigenvalue weighted by molar-refractivity contribution is 7.15. The molecule has 0 radical (unpaired) electrons. The van der Waals surface area contributed by atoms with E-state index in [1.54, 1.807) is 19.9 Å². The van der Waals surface area contributed by atoms with Crippen LogP contribution in [-0.2, 0) is 16.8 Å². The molecule has 7 heteroatoms. The number of nitrogens with zero attached hydrogens (tertiary/aromatic N) is 2. The van der Waals surface area contributed by atoms with Crippen LogP contribution in [0.2, 0.25) is 0 Å². The van der Waals surface area contributed by atoms with Gasteiger partial charge in [0.05, 0.1) is 18.7 Å². The van der Waals surface area contributed by atoms with E-state index in [4.69, 9.17) is 4.42 Å². The van der Waals surface area contributed by atoms with Gasteiger partial charge < -0.3 is 14.8 Å². The molecule has 0 saturated heterocycles. The van der Waals surface area contributed by atoms with E-state index in [0.29, 0.717) is 17.0 Å². The van der Waals surface area contributed by atoms with E-state index in [1.807, 2.05) is 29.1 Å². The third kappa shape index (κ3) is 3.30. The Morgan fingerprint density at radius 2 is 2.30 bits per heavy atom. The molecule has 0 bridgehead atoms. The average molecular weight is 333 g/mol. The third-order valence-electron chi connectivity index (χ3n) is 3.74. The largest absolute Gasteiger partial charge is 0.466 e. The van der Waals surface area contributed by atoms with Crippen molar-refractivity contribution >= 4 is 22.2 Å². The topological polar surface area (TPSA) is 79.8 Å². The summed E-state index contributed by atoms with van der Waals surface area (Å²) < 4.78 is 7.33. The van der Waals surface area contributed by atoms with Gasteiger partial charge in [-0.2, -0.15) is 0 Å². The minimum Gasteiger partial charge on any atom is -0.466 e. The first-order chi connectivity index (χ1) is 10.8.